The summed E-state index contributed by atoms with van der Waals surface area (Å²) in [6.45, 7) is 4.04. The van der Waals surface area contributed by atoms with E-state index in [4.69, 9.17) is 10.5 Å². The zero-order valence-electron chi connectivity index (χ0n) is 11.8. The Morgan fingerprint density at radius 1 is 1.40 bits per heavy atom. The van der Waals surface area contributed by atoms with Gasteiger partial charge in [0.05, 0.1) is 12.4 Å². The van der Waals surface area contributed by atoms with Crippen molar-refractivity contribution >= 4 is 35.0 Å². The van der Waals surface area contributed by atoms with E-state index in [9.17, 15) is 9.59 Å². The number of carbonyl (C=O) groups is 2. The molecule has 0 unspecified atom stereocenters. The SMILES string of the molecule is CCOC(=O)CSCCC(=O)Nc1ccc(N)cc1C. The third kappa shape index (κ3) is 5.97. The minimum Gasteiger partial charge on any atom is -0.465 e. The summed E-state index contributed by atoms with van der Waals surface area (Å²) in [5, 5.41) is 2.83. The molecular weight excluding hydrogens is 276 g/mol. The first kappa shape index (κ1) is 16.4. The summed E-state index contributed by atoms with van der Waals surface area (Å²) in [5.74, 6) is 0.544. The maximum atomic E-state index is 11.7. The number of rotatable bonds is 7. The second-order valence-corrected chi connectivity index (χ2v) is 5.34. The minimum absolute atomic E-state index is 0.0748. The molecule has 20 heavy (non-hydrogen) atoms. The van der Waals surface area contributed by atoms with E-state index in [0.29, 0.717) is 24.5 Å². The van der Waals surface area contributed by atoms with Crippen molar-refractivity contribution in [2.45, 2.75) is 20.3 Å². The van der Waals surface area contributed by atoms with Gasteiger partial charge in [0.1, 0.15) is 0 Å². The van der Waals surface area contributed by atoms with Crippen LogP contribution in [0.25, 0.3) is 0 Å². The smallest absolute Gasteiger partial charge is 0.315 e. The zero-order valence-corrected chi connectivity index (χ0v) is 12.6. The molecule has 0 saturated carbocycles. The molecule has 0 aliphatic carbocycles. The predicted octanol–water partition coefficient (Wildman–Crippen LogP) is 2.20. The van der Waals surface area contributed by atoms with Gasteiger partial charge >= 0.3 is 5.97 Å². The second-order valence-electron chi connectivity index (χ2n) is 4.23. The Bertz CT molecular complexity index is 477. The number of anilines is 2. The molecule has 1 rings (SSSR count). The van der Waals surface area contributed by atoms with Crippen molar-refractivity contribution in [1.29, 1.82) is 0 Å². The zero-order chi connectivity index (χ0) is 15.0. The fraction of sp³-hybridized carbons (Fsp3) is 0.429. The number of esters is 1. The summed E-state index contributed by atoms with van der Waals surface area (Å²) in [6, 6.07) is 5.34. The monoisotopic (exact) mass is 296 g/mol. The standard InChI is InChI=1S/C14H20N2O3S/c1-3-19-14(18)9-20-7-6-13(17)16-12-5-4-11(15)8-10(12)2/h4-5,8H,3,6-7,9,15H2,1-2H3,(H,16,17). The van der Waals surface area contributed by atoms with Gasteiger partial charge in [-0.2, -0.15) is 0 Å². The van der Waals surface area contributed by atoms with Gasteiger partial charge in [0.15, 0.2) is 0 Å². The van der Waals surface area contributed by atoms with Gasteiger partial charge < -0.3 is 15.8 Å². The molecule has 5 nitrogen and oxygen atoms in total. The highest BCUT2D eigenvalue weighted by atomic mass is 32.2. The van der Waals surface area contributed by atoms with Crippen LogP contribution in [0.5, 0.6) is 0 Å². The van der Waals surface area contributed by atoms with Crippen molar-refractivity contribution < 1.29 is 14.3 Å². The first-order valence-electron chi connectivity index (χ1n) is 6.42. The van der Waals surface area contributed by atoms with Gasteiger partial charge in [-0.1, -0.05) is 0 Å². The van der Waals surface area contributed by atoms with Crippen LogP contribution in [0.3, 0.4) is 0 Å². The summed E-state index contributed by atoms with van der Waals surface area (Å²) in [5.41, 5.74) is 8.01. The van der Waals surface area contributed by atoms with Gasteiger partial charge in [0.25, 0.3) is 0 Å². The second kappa shape index (κ2) is 8.47. The Balaban J connectivity index is 2.28. The van der Waals surface area contributed by atoms with Crippen LogP contribution in [0.2, 0.25) is 0 Å². The maximum Gasteiger partial charge on any atom is 0.315 e. The average molecular weight is 296 g/mol. The Labute approximate surface area is 123 Å². The van der Waals surface area contributed by atoms with E-state index in [1.807, 2.05) is 13.0 Å². The van der Waals surface area contributed by atoms with E-state index in [1.165, 1.54) is 11.8 Å². The van der Waals surface area contributed by atoms with Crippen molar-refractivity contribution in [3.8, 4) is 0 Å². The molecule has 1 amide bonds. The highest BCUT2D eigenvalue weighted by Gasteiger charge is 2.06. The largest absolute Gasteiger partial charge is 0.465 e. The number of amides is 1. The number of nitrogen functional groups attached to an aromatic ring is 1. The Kier molecular flexibility index (Phi) is 6.93. The lowest BCUT2D eigenvalue weighted by Gasteiger charge is -2.09. The molecule has 0 saturated heterocycles. The van der Waals surface area contributed by atoms with E-state index >= 15 is 0 Å². The van der Waals surface area contributed by atoms with Gasteiger partial charge in [-0.15, -0.1) is 11.8 Å². The molecular formula is C14H20N2O3S. The highest BCUT2D eigenvalue weighted by molar-refractivity contribution is 7.99. The number of nitrogens with one attached hydrogen (secondary N) is 1. The number of hydrogen-bond acceptors (Lipinski definition) is 5. The predicted molar refractivity (Wildman–Crippen MR) is 82.8 cm³/mol. The van der Waals surface area contributed by atoms with E-state index in [1.54, 1.807) is 19.1 Å². The van der Waals surface area contributed by atoms with Crippen LogP contribution in [-0.4, -0.2) is 30.0 Å². The highest BCUT2D eigenvalue weighted by Crippen LogP contribution is 2.18. The molecule has 0 aliphatic heterocycles. The lowest BCUT2D eigenvalue weighted by molar-refractivity contribution is -0.139. The maximum absolute atomic E-state index is 11.7. The average Bonchev–Trinajstić information content (AvgIpc) is 2.38. The van der Waals surface area contributed by atoms with Gasteiger partial charge in [0.2, 0.25) is 5.91 Å². The van der Waals surface area contributed by atoms with Gasteiger partial charge in [-0.05, 0) is 37.6 Å². The quantitative estimate of drug-likeness (QED) is 0.458. The van der Waals surface area contributed by atoms with Crippen molar-refractivity contribution in [3.05, 3.63) is 23.8 Å². The van der Waals surface area contributed by atoms with E-state index in [-0.39, 0.29) is 17.6 Å². The Morgan fingerprint density at radius 2 is 2.15 bits per heavy atom. The Morgan fingerprint density at radius 3 is 2.80 bits per heavy atom. The molecule has 6 heteroatoms. The molecule has 0 aliphatic rings. The van der Waals surface area contributed by atoms with Crippen LogP contribution in [-0.2, 0) is 14.3 Å². The molecule has 0 atom stereocenters. The van der Waals surface area contributed by atoms with Crippen molar-refractivity contribution in [1.82, 2.24) is 0 Å². The van der Waals surface area contributed by atoms with Crippen LogP contribution in [0, 0.1) is 6.92 Å². The normalized spacial score (nSPS) is 10.1. The number of carbonyl (C=O) groups excluding carboxylic acids is 2. The van der Waals surface area contributed by atoms with Crippen LogP contribution >= 0.6 is 11.8 Å². The number of hydrogen-bond donors (Lipinski definition) is 2. The molecule has 3 N–H and O–H groups in total. The number of ether oxygens (including phenoxy) is 1. The number of benzene rings is 1. The first-order chi connectivity index (χ1) is 9.52. The number of aryl methyl sites for hydroxylation is 1. The molecule has 0 aromatic heterocycles. The summed E-state index contributed by atoms with van der Waals surface area (Å²) >= 11 is 1.39. The van der Waals surface area contributed by atoms with E-state index < -0.39 is 0 Å². The number of thioether (sulfide) groups is 1. The summed E-state index contributed by atoms with van der Waals surface area (Å²) in [6.07, 6.45) is 0.355. The van der Waals surface area contributed by atoms with E-state index in [2.05, 4.69) is 5.32 Å². The van der Waals surface area contributed by atoms with Gasteiger partial charge in [-0.3, -0.25) is 9.59 Å². The van der Waals surface area contributed by atoms with Gasteiger partial charge in [-0.25, -0.2) is 0 Å². The Hall–Kier alpha value is -1.69. The lowest BCUT2D eigenvalue weighted by atomic mass is 10.2. The summed E-state index contributed by atoms with van der Waals surface area (Å²) < 4.78 is 4.80. The first-order valence-corrected chi connectivity index (χ1v) is 7.57. The summed E-state index contributed by atoms with van der Waals surface area (Å²) in [7, 11) is 0. The third-order valence-electron chi connectivity index (χ3n) is 2.52. The van der Waals surface area contributed by atoms with E-state index in [0.717, 1.165) is 11.3 Å². The lowest BCUT2D eigenvalue weighted by Crippen LogP contribution is -2.14. The molecule has 0 heterocycles. The van der Waals surface area contributed by atoms with Crippen LogP contribution in [0.15, 0.2) is 18.2 Å². The fourth-order valence-electron chi connectivity index (χ4n) is 1.56. The van der Waals surface area contributed by atoms with Crippen molar-refractivity contribution in [2.24, 2.45) is 0 Å². The van der Waals surface area contributed by atoms with Gasteiger partial charge in [0, 0.05) is 23.5 Å². The molecule has 0 fully saturated rings. The minimum atomic E-state index is -0.243. The van der Waals surface area contributed by atoms with Crippen LogP contribution in [0.4, 0.5) is 11.4 Å². The molecule has 0 radical (unpaired) electrons. The van der Waals surface area contributed by atoms with Crippen LogP contribution in [0.1, 0.15) is 18.9 Å². The fourth-order valence-corrected chi connectivity index (χ4v) is 2.29. The number of nitrogens with two attached hydrogens (primary N) is 1. The molecule has 1 aromatic rings. The molecule has 1 aromatic carbocycles. The van der Waals surface area contributed by atoms with Crippen molar-refractivity contribution in [2.75, 3.05) is 29.2 Å². The molecule has 110 valence electrons. The molecule has 0 spiro atoms. The molecule has 0 bridgehead atoms. The topological polar surface area (TPSA) is 81.4 Å². The van der Waals surface area contributed by atoms with Crippen LogP contribution < -0.4 is 11.1 Å². The summed E-state index contributed by atoms with van der Waals surface area (Å²) in [4.78, 5) is 22.8. The van der Waals surface area contributed by atoms with Crippen molar-refractivity contribution in [3.63, 3.8) is 0 Å². The third-order valence-corrected chi connectivity index (χ3v) is 3.46.